The number of hydrogen-bond acceptors (Lipinski definition) is 6. The predicted octanol–water partition coefficient (Wildman–Crippen LogP) is 1.69. The highest BCUT2D eigenvalue weighted by Gasteiger charge is 2.56. The first-order valence-corrected chi connectivity index (χ1v) is 9.41. The van der Waals surface area contributed by atoms with E-state index in [1.54, 1.807) is 31.2 Å². The van der Waals surface area contributed by atoms with E-state index in [9.17, 15) is 9.32 Å². The van der Waals surface area contributed by atoms with Gasteiger partial charge in [-0.05, 0) is 32.9 Å². The Morgan fingerprint density at radius 2 is 1.75 bits per heavy atom. The summed E-state index contributed by atoms with van der Waals surface area (Å²) in [6.07, 6.45) is -1.88. The molecule has 1 aliphatic heterocycles. The van der Waals surface area contributed by atoms with Crippen LogP contribution in [-0.4, -0.2) is 59.2 Å². The molecule has 1 aromatic rings. The van der Waals surface area contributed by atoms with Gasteiger partial charge < -0.3 is 24.1 Å². The summed E-state index contributed by atoms with van der Waals surface area (Å²) in [5.74, 6) is 0. The monoisotopic (exact) mass is 358 g/mol. The normalized spacial score (nSPS) is 31.8. The van der Waals surface area contributed by atoms with E-state index in [4.69, 9.17) is 18.9 Å². The topological polar surface area (TPSA) is 74.2 Å². The highest BCUT2D eigenvalue weighted by molar-refractivity contribution is 7.86. The number of ether oxygens (including phenoxy) is 4. The molecular weight excluding hydrogens is 332 g/mol. The molecule has 1 saturated heterocycles. The van der Waals surface area contributed by atoms with Gasteiger partial charge in [-0.3, -0.25) is 0 Å². The summed E-state index contributed by atoms with van der Waals surface area (Å²) in [7, 11) is -1.84. The van der Waals surface area contributed by atoms with E-state index in [2.05, 4.69) is 0 Å². The Morgan fingerprint density at radius 1 is 1.12 bits per heavy atom. The first-order valence-electron chi connectivity index (χ1n) is 8.26. The molecule has 2 rings (SSSR count). The molecule has 0 aliphatic carbocycles. The third kappa shape index (κ3) is 4.04. The van der Waals surface area contributed by atoms with Crippen molar-refractivity contribution in [3.8, 4) is 0 Å². The van der Waals surface area contributed by atoms with Crippen LogP contribution in [0.15, 0.2) is 35.2 Å². The Labute approximate surface area is 145 Å². The van der Waals surface area contributed by atoms with Gasteiger partial charge in [0.1, 0.15) is 23.0 Å². The van der Waals surface area contributed by atoms with Crippen molar-refractivity contribution in [1.82, 2.24) is 0 Å². The van der Waals surface area contributed by atoms with Crippen molar-refractivity contribution in [3.05, 3.63) is 30.3 Å². The van der Waals surface area contributed by atoms with Crippen LogP contribution in [0.3, 0.4) is 0 Å². The van der Waals surface area contributed by atoms with Crippen LogP contribution in [0.1, 0.15) is 20.8 Å². The van der Waals surface area contributed by atoms with Gasteiger partial charge >= 0.3 is 0 Å². The Bertz CT molecular complexity index is 525. The van der Waals surface area contributed by atoms with E-state index in [1.807, 2.05) is 19.9 Å². The second-order valence-electron chi connectivity index (χ2n) is 5.31. The molecule has 0 aromatic heterocycles. The molecule has 1 aliphatic rings. The molecule has 0 saturated carbocycles. The van der Waals surface area contributed by atoms with Gasteiger partial charge in [-0.15, -0.1) is 0 Å². The first kappa shape index (κ1) is 19.5. The van der Waals surface area contributed by atoms with Gasteiger partial charge in [-0.2, -0.15) is 0 Å². The Hall–Kier alpha value is -0.830. The lowest BCUT2D eigenvalue weighted by molar-refractivity contribution is -0.298. The minimum Gasteiger partial charge on any atom is -0.373 e. The molecular formula is C17H26O6S. The third-order valence-corrected chi connectivity index (χ3v) is 5.37. The zero-order valence-corrected chi connectivity index (χ0v) is 15.2. The quantitative estimate of drug-likeness (QED) is 0.762. The van der Waals surface area contributed by atoms with Crippen LogP contribution >= 0.6 is 0 Å². The minimum atomic E-state index is -2.00. The molecule has 0 amide bonds. The van der Waals surface area contributed by atoms with Gasteiger partial charge in [-0.1, -0.05) is 18.2 Å². The molecule has 2 unspecified atom stereocenters. The molecule has 1 heterocycles. The summed E-state index contributed by atoms with van der Waals surface area (Å²) in [6.45, 7) is 6.85. The van der Waals surface area contributed by atoms with Crippen LogP contribution in [0.5, 0.6) is 0 Å². The van der Waals surface area contributed by atoms with Crippen molar-refractivity contribution < 1.29 is 28.3 Å². The highest BCUT2D eigenvalue weighted by Crippen LogP contribution is 2.35. The summed E-state index contributed by atoms with van der Waals surface area (Å²) in [5.41, 5.74) is 0. The van der Waals surface area contributed by atoms with Crippen LogP contribution < -0.4 is 0 Å². The molecule has 1 N–H and O–H groups in total. The predicted molar refractivity (Wildman–Crippen MR) is 90.0 cm³/mol. The number of aliphatic hydroxyl groups is 1. The van der Waals surface area contributed by atoms with Crippen LogP contribution in [0.2, 0.25) is 0 Å². The number of benzene rings is 1. The maximum Gasteiger partial charge on any atom is 0.279 e. The van der Waals surface area contributed by atoms with Crippen LogP contribution in [0, 0.1) is 0 Å². The fourth-order valence-electron chi connectivity index (χ4n) is 2.78. The maximum atomic E-state index is 13.0. The molecule has 0 spiro atoms. The molecule has 6 nitrogen and oxygen atoms in total. The van der Waals surface area contributed by atoms with Crippen LogP contribution in [0.25, 0.3) is 0 Å². The summed E-state index contributed by atoms with van der Waals surface area (Å²) >= 11 is 0. The van der Waals surface area contributed by atoms with Gasteiger partial charge in [-0.25, -0.2) is 4.21 Å². The van der Waals surface area contributed by atoms with E-state index in [-0.39, 0.29) is 12.7 Å². The summed E-state index contributed by atoms with van der Waals surface area (Å²) in [4.78, 5) is 0.467. The lowest BCUT2D eigenvalue weighted by Crippen LogP contribution is -2.64. The van der Waals surface area contributed by atoms with Gasteiger partial charge in [0.2, 0.25) is 0 Å². The average molecular weight is 358 g/mol. The van der Waals surface area contributed by atoms with Crippen LogP contribution in [0.4, 0.5) is 0 Å². The number of hydrogen-bond donors (Lipinski definition) is 1. The third-order valence-electron chi connectivity index (χ3n) is 3.79. The summed E-state index contributed by atoms with van der Waals surface area (Å²) < 4.78 is 35.7. The molecule has 136 valence electrons. The Kier molecular flexibility index (Phi) is 7.34. The van der Waals surface area contributed by atoms with Gasteiger partial charge in [0.05, 0.1) is 6.61 Å². The van der Waals surface area contributed by atoms with Crippen LogP contribution in [-0.2, 0) is 29.7 Å². The van der Waals surface area contributed by atoms with Crippen molar-refractivity contribution in [1.29, 1.82) is 0 Å². The lowest BCUT2D eigenvalue weighted by atomic mass is 10.0. The van der Waals surface area contributed by atoms with E-state index in [0.29, 0.717) is 24.7 Å². The molecule has 7 heteroatoms. The lowest BCUT2D eigenvalue weighted by Gasteiger charge is -2.45. The zero-order valence-electron chi connectivity index (χ0n) is 14.3. The second-order valence-corrected chi connectivity index (χ2v) is 6.91. The van der Waals surface area contributed by atoms with E-state index < -0.39 is 28.1 Å². The van der Waals surface area contributed by atoms with Crippen molar-refractivity contribution in [2.45, 2.75) is 49.1 Å². The smallest absolute Gasteiger partial charge is 0.279 e. The van der Waals surface area contributed by atoms with Gasteiger partial charge in [0, 0.05) is 24.7 Å². The second kappa shape index (κ2) is 9.03. The van der Waals surface area contributed by atoms with E-state index >= 15 is 0 Å². The molecule has 1 fully saturated rings. The van der Waals surface area contributed by atoms with Gasteiger partial charge in [0.25, 0.3) is 5.12 Å². The van der Waals surface area contributed by atoms with Crippen molar-refractivity contribution in [3.63, 3.8) is 0 Å². The minimum absolute atomic E-state index is 0.0805. The SMILES string of the molecule is CCO[C@H]1[C@@H](OCC)COC(O)(S(=O)c2ccccc2)[C@@H]1OCC. The Morgan fingerprint density at radius 3 is 2.33 bits per heavy atom. The molecule has 0 radical (unpaired) electrons. The molecule has 1 aromatic carbocycles. The van der Waals surface area contributed by atoms with Crippen molar-refractivity contribution in [2.75, 3.05) is 26.4 Å². The fraction of sp³-hybridized carbons (Fsp3) is 0.647. The molecule has 0 bridgehead atoms. The standard InChI is InChI=1S/C17H26O6S/c1-4-20-14-12-23-17(18,16(22-6-3)15(14)21-5-2)24(19)13-10-8-7-9-11-13/h7-11,14-16,18H,4-6,12H2,1-3H3/t14-,15-,16+,17?,24?/m0/s1. The Balaban J connectivity index is 2.34. The first-order chi connectivity index (χ1) is 11.6. The largest absolute Gasteiger partial charge is 0.373 e. The zero-order chi connectivity index (χ0) is 17.6. The van der Waals surface area contributed by atoms with Gasteiger partial charge in [0.15, 0.2) is 6.10 Å². The summed E-state index contributed by atoms with van der Waals surface area (Å²) in [5, 5.41) is 9.09. The maximum absolute atomic E-state index is 13.0. The average Bonchev–Trinajstić information content (AvgIpc) is 2.61. The van der Waals surface area contributed by atoms with E-state index in [1.165, 1.54) is 0 Å². The number of rotatable bonds is 8. The van der Waals surface area contributed by atoms with Crippen molar-refractivity contribution >= 4 is 10.8 Å². The van der Waals surface area contributed by atoms with Crippen molar-refractivity contribution in [2.24, 2.45) is 0 Å². The fourth-order valence-corrected chi connectivity index (χ4v) is 4.11. The molecule has 5 atom stereocenters. The molecule has 24 heavy (non-hydrogen) atoms. The summed E-state index contributed by atoms with van der Waals surface area (Å²) in [6, 6.07) is 8.71. The highest BCUT2D eigenvalue weighted by atomic mass is 32.2. The van der Waals surface area contributed by atoms with E-state index in [0.717, 1.165) is 0 Å².